The number of halogens is 1. The molecule has 0 amide bonds. The summed E-state index contributed by atoms with van der Waals surface area (Å²) in [5, 5.41) is 7.88. The van der Waals surface area contributed by atoms with Crippen LogP contribution in [0.25, 0.3) is 0 Å². The highest BCUT2D eigenvalue weighted by atomic mass is 35.5. The summed E-state index contributed by atoms with van der Waals surface area (Å²) in [4.78, 5) is 45.1. The van der Waals surface area contributed by atoms with E-state index in [2.05, 4.69) is 15.2 Å². The molecule has 0 saturated heterocycles. The predicted molar refractivity (Wildman–Crippen MR) is 160 cm³/mol. The molecule has 2 unspecified atom stereocenters. The summed E-state index contributed by atoms with van der Waals surface area (Å²) in [5.74, 6) is -0.611. The maximum atomic E-state index is 11.1. The van der Waals surface area contributed by atoms with E-state index in [1.807, 2.05) is 79.5 Å². The van der Waals surface area contributed by atoms with Gasteiger partial charge in [-0.15, -0.1) is 12.4 Å². The van der Waals surface area contributed by atoms with Crippen LogP contribution in [0.2, 0.25) is 0 Å². The molecule has 40 heavy (non-hydrogen) atoms. The second-order valence-electron chi connectivity index (χ2n) is 8.19. The first-order valence-corrected chi connectivity index (χ1v) is 13.2. The number of carbonyl (C=O) groups excluding carboxylic acids is 4. The van der Waals surface area contributed by atoms with Crippen LogP contribution in [0.4, 0.5) is 0 Å². The molecular weight excluding hydrogens is 548 g/mol. The quantitative estimate of drug-likeness (QED) is 0.112. The number of hydrogen-bond acceptors (Lipinski definition) is 13. The molecule has 0 aromatic heterocycles. The maximum absolute atomic E-state index is 11.1. The van der Waals surface area contributed by atoms with E-state index in [1.54, 1.807) is 0 Å². The fraction of sp³-hybridized carbons (Fsp3) is 0.846. The number of likely N-dealkylation sites (N-methyl/N-ethyl adjacent to an activating group) is 2. The van der Waals surface area contributed by atoms with Crippen molar-refractivity contribution in [2.45, 2.75) is 79.3 Å². The maximum Gasteiger partial charge on any atom is 0.323 e. The van der Waals surface area contributed by atoms with Gasteiger partial charge in [-0.3, -0.25) is 34.7 Å². The minimum absolute atomic E-state index is 0. The van der Waals surface area contributed by atoms with Gasteiger partial charge in [-0.2, -0.15) is 0 Å². The summed E-state index contributed by atoms with van der Waals surface area (Å²) in [5.41, 5.74) is 9.62. The number of hydrogen-bond donors (Lipinski definition) is 3. The van der Waals surface area contributed by atoms with Gasteiger partial charge in [-0.05, 0) is 67.7 Å². The SMILES string of the molecule is CCCO.CCCOC(=O)C(C)N(C)C.CCCOC(=O)C(C)N(C)C.CCCOC(=O)CN.Cl.NCOC=O. The highest BCUT2D eigenvalue weighted by Gasteiger charge is 2.16. The van der Waals surface area contributed by atoms with E-state index < -0.39 is 0 Å². The van der Waals surface area contributed by atoms with E-state index in [0.29, 0.717) is 32.9 Å². The van der Waals surface area contributed by atoms with Crippen molar-refractivity contribution in [3.8, 4) is 0 Å². The van der Waals surface area contributed by atoms with Crippen molar-refractivity contribution >= 4 is 36.8 Å². The molecule has 0 aliphatic heterocycles. The molecule has 0 radical (unpaired) electrons. The van der Waals surface area contributed by atoms with E-state index in [-0.39, 0.29) is 55.7 Å². The molecule has 0 aromatic rings. The topological polar surface area (TPSA) is 184 Å². The monoisotopic (exact) mass is 606 g/mol. The molecule has 0 fully saturated rings. The number of ether oxygens (including phenoxy) is 4. The molecule has 0 aliphatic carbocycles. The summed E-state index contributed by atoms with van der Waals surface area (Å²) >= 11 is 0. The molecule has 0 saturated carbocycles. The lowest BCUT2D eigenvalue weighted by Crippen LogP contribution is -2.34. The van der Waals surface area contributed by atoms with Crippen LogP contribution in [0.3, 0.4) is 0 Å². The smallest absolute Gasteiger partial charge is 0.323 e. The highest BCUT2D eigenvalue weighted by molar-refractivity contribution is 5.85. The second kappa shape index (κ2) is 41.5. The van der Waals surface area contributed by atoms with Gasteiger partial charge >= 0.3 is 17.9 Å². The van der Waals surface area contributed by atoms with Crippen LogP contribution < -0.4 is 11.5 Å². The van der Waals surface area contributed by atoms with Gasteiger partial charge in [0.25, 0.3) is 6.47 Å². The third kappa shape index (κ3) is 45.9. The van der Waals surface area contributed by atoms with E-state index in [0.717, 1.165) is 25.7 Å². The molecule has 0 bridgehead atoms. The number of aliphatic hydroxyl groups is 1. The Bertz CT molecular complexity index is 526. The number of aliphatic hydroxyl groups excluding tert-OH is 1. The van der Waals surface area contributed by atoms with E-state index >= 15 is 0 Å². The first-order chi connectivity index (χ1) is 18.3. The van der Waals surface area contributed by atoms with E-state index in [4.69, 9.17) is 25.1 Å². The van der Waals surface area contributed by atoms with Crippen molar-refractivity contribution in [1.82, 2.24) is 9.80 Å². The third-order valence-electron chi connectivity index (χ3n) is 4.15. The first-order valence-electron chi connectivity index (χ1n) is 13.2. The lowest BCUT2D eigenvalue weighted by atomic mass is 10.3. The van der Waals surface area contributed by atoms with Crippen LogP contribution >= 0.6 is 12.4 Å². The lowest BCUT2D eigenvalue weighted by molar-refractivity contribution is -0.149. The molecule has 14 heteroatoms. The zero-order valence-corrected chi connectivity index (χ0v) is 27.3. The van der Waals surface area contributed by atoms with Crippen LogP contribution in [-0.2, 0) is 38.1 Å². The van der Waals surface area contributed by atoms with Crippen LogP contribution in [0.15, 0.2) is 0 Å². The van der Waals surface area contributed by atoms with Crippen molar-refractivity contribution in [2.75, 3.05) is 67.9 Å². The normalized spacial score (nSPS) is 10.6. The Hall–Kier alpha value is -2.03. The zero-order valence-electron chi connectivity index (χ0n) is 26.5. The summed E-state index contributed by atoms with van der Waals surface area (Å²) in [7, 11) is 7.44. The molecular formula is C26H59ClN4O9. The number of rotatable bonds is 14. The average Bonchev–Trinajstić information content (AvgIpc) is 2.93. The largest absolute Gasteiger partial charge is 0.465 e. The highest BCUT2D eigenvalue weighted by Crippen LogP contribution is 1.96. The Labute approximate surface area is 248 Å². The Balaban J connectivity index is -0.0000000940. The van der Waals surface area contributed by atoms with Crippen molar-refractivity contribution < 1.29 is 43.2 Å². The van der Waals surface area contributed by atoms with Crippen LogP contribution in [-0.4, -0.2) is 119 Å². The summed E-state index contributed by atoms with van der Waals surface area (Å²) < 4.78 is 18.4. The van der Waals surface area contributed by atoms with Crippen LogP contribution in [0.5, 0.6) is 0 Å². The molecule has 0 aliphatic rings. The predicted octanol–water partition coefficient (Wildman–Crippen LogP) is 1.56. The minimum Gasteiger partial charge on any atom is -0.465 e. The molecule has 0 aromatic carbocycles. The minimum atomic E-state index is -0.327. The van der Waals surface area contributed by atoms with Gasteiger partial charge < -0.3 is 29.8 Å². The Morgan fingerprint density at radius 3 is 1.25 bits per heavy atom. The Morgan fingerprint density at radius 1 is 0.750 bits per heavy atom. The van der Waals surface area contributed by atoms with Crippen molar-refractivity contribution in [3.05, 3.63) is 0 Å². The van der Waals surface area contributed by atoms with E-state index in [1.165, 1.54) is 0 Å². The van der Waals surface area contributed by atoms with Crippen molar-refractivity contribution in [3.63, 3.8) is 0 Å². The summed E-state index contributed by atoms with van der Waals surface area (Å²) in [6.45, 7) is 13.6. The lowest BCUT2D eigenvalue weighted by Gasteiger charge is -2.17. The molecule has 5 N–H and O–H groups in total. The molecule has 0 spiro atoms. The molecule has 2 atom stereocenters. The summed E-state index contributed by atoms with van der Waals surface area (Å²) in [6, 6.07) is -0.275. The van der Waals surface area contributed by atoms with Gasteiger partial charge in [0.15, 0.2) is 0 Å². The number of carbonyl (C=O) groups is 4. The van der Waals surface area contributed by atoms with Gasteiger partial charge in [0.05, 0.1) is 26.4 Å². The molecule has 244 valence electrons. The van der Waals surface area contributed by atoms with Gasteiger partial charge in [-0.1, -0.05) is 27.7 Å². The van der Waals surface area contributed by atoms with Crippen LogP contribution in [0, 0.1) is 0 Å². The fourth-order valence-corrected chi connectivity index (χ4v) is 1.38. The fourth-order valence-electron chi connectivity index (χ4n) is 1.38. The van der Waals surface area contributed by atoms with Gasteiger partial charge in [0.2, 0.25) is 0 Å². The van der Waals surface area contributed by atoms with Crippen LogP contribution in [0.1, 0.15) is 67.2 Å². The average molecular weight is 607 g/mol. The van der Waals surface area contributed by atoms with Gasteiger partial charge in [0.1, 0.15) is 18.8 Å². The molecule has 0 rings (SSSR count). The van der Waals surface area contributed by atoms with Crippen molar-refractivity contribution in [2.24, 2.45) is 11.5 Å². The third-order valence-corrected chi connectivity index (χ3v) is 4.15. The first kappa shape index (κ1) is 50.8. The van der Waals surface area contributed by atoms with Gasteiger partial charge in [-0.25, -0.2) is 0 Å². The Kier molecular flexibility index (Phi) is 52.6. The number of nitrogens with zero attached hydrogens (tertiary/aromatic N) is 2. The number of esters is 3. The van der Waals surface area contributed by atoms with Crippen molar-refractivity contribution in [1.29, 1.82) is 0 Å². The standard InChI is InChI=1S/2C8H17NO2.C5H11NO2.C3H8O.C2H5NO2.ClH/c2*1-5-6-11-8(10)7(2)9(3)4;1-2-3-8-5(7)4-6;1-2-3-4;3-1-5-2-4;/h2*7H,5-6H2,1-4H3;2-4,6H2,1H3;4H,2-3H2,1H3;2H,1,3H2;1H. The molecule has 13 nitrogen and oxygen atoms in total. The van der Waals surface area contributed by atoms with E-state index in [9.17, 15) is 14.4 Å². The Morgan fingerprint density at radius 2 is 1.07 bits per heavy atom. The second-order valence-corrected chi connectivity index (χ2v) is 8.19. The molecule has 0 heterocycles. The number of nitrogens with two attached hydrogens (primary N) is 2. The summed E-state index contributed by atoms with van der Waals surface area (Å²) in [6.07, 6.45) is 3.49. The van der Waals surface area contributed by atoms with Gasteiger partial charge in [0, 0.05) is 6.61 Å². The zero-order chi connectivity index (χ0) is 31.6.